The zero-order valence-electron chi connectivity index (χ0n) is 38.8. The summed E-state index contributed by atoms with van der Waals surface area (Å²) in [7, 11) is 0. The van der Waals surface area contributed by atoms with Crippen LogP contribution in [0.3, 0.4) is 0 Å². The van der Waals surface area contributed by atoms with Crippen LogP contribution in [0.15, 0.2) is 213 Å². The van der Waals surface area contributed by atoms with Crippen molar-refractivity contribution in [2.24, 2.45) is 0 Å². The Labute approximate surface area is 399 Å². The fourth-order valence-electron chi connectivity index (χ4n) is 9.74. The van der Waals surface area contributed by atoms with E-state index in [2.05, 4.69) is 223 Å². The molecule has 328 valence electrons. The summed E-state index contributed by atoms with van der Waals surface area (Å²) in [5, 5.41) is 2.48. The summed E-state index contributed by atoms with van der Waals surface area (Å²) >= 11 is 0. The molecule has 11 aromatic rings. The van der Waals surface area contributed by atoms with Gasteiger partial charge in [-0.1, -0.05) is 133 Å². The van der Waals surface area contributed by atoms with Gasteiger partial charge in [0.15, 0.2) is 0 Å². The molecular formula is C64H52N4. The maximum atomic E-state index is 4.70. The molecule has 0 bridgehead atoms. The van der Waals surface area contributed by atoms with Crippen molar-refractivity contribution in [3.8, 4) is 61.7 Å². The lowest BCUT2D eigenvalue weighted by molar-refractivity contribution is 0.931. The highest BCUT2D eigenvalue weighted by Gasteiger charge is 2.20. The van der Waals surface area contributed by atoms with E-state index in [1.807, 2.05) is 24.7 Å². The van der Waals surface area contributed by atoms with Crippen LogP contribution in [0.2, 0.25) is 0 Å². The van der Waals surface area contributed by atoms with E-state index < -0.39 is 0 Å². The number of para-hydroxylation sites is 2. The largest absolute Gasteiger partial charge is 0.309 e. The number of pyridine rings is 3. The molecule has 11 rings (SSSR count). The Kier molecular flexibility index (Phi) is 11.6. The molecule has 0 spiro atoms. The topological polar surface area (TPSA) is 43.6 Å². The Morgan fingerprint density at radius 1 is 0.353 bits per heavy atom. The summed E-state index contributed by atoms with van der Waals surface area (Å²) in [5.41, 5.74) is 23.6. The fourth-order valence-corrected chi connectivity index (χ4v) is 9.74. The third-order valence-corrected chi connectivity index (χ3v) is 13.4. The molecule has 68 heavy (non-hydrogen) atoms. The van der Waals surface area contributed by atoms with Crippen molar-refractivity contribution in [1.29, 1.82) is 0 Å². The molecule has 0 fully saturated rings. The number of rotatable bonds is 12. The van der Waals surface area contributed by atoms with Crippen molar-refractivity contribution >= 4 is 21.8 Å². The predicted octanol–water partition coefficient (Wildman–Crippen LogP) is 15.8. The third-order valence-electron chi connectivity index (χ3n) is 13.4. The van der Waals surface area contributed by atoms with Crippen LogP contribution in [0.1, 0.15) is 38.9 Å². The molecule has 0 radical (unpaired) electrons. The Morgan fingerprint density at radius 2 is 0.926 bits per heavy atom. The van der Waals surface area contributed by atoms with Gasteiger partial charge in [0, 0.05) is 51.7 Å². The average Bonchev–Trinajstić information content (AvgIpc) is 3.71. The van der Waals surface area contributed by atoms with Crippen molar-refractivity contribution in [3.05, 3.63) is 252 Å². The minimum atomic E-state index is 0.921. The first-order valence-electron chi connectivity index (χ1n) is 23.7. The molecule has 4 heteroatoms. The fraction of sp³-hybridized carbons (Fsp3) is 0.109. The van der Waals surface area contributed by atoms with Gasteiger partial charge < -0.3 is 4.57 Å². The Morgan fingerprint density at radius 3 is 1.51 bits per heavy atom. The van der Waals surface area contributed by atoms with Crippen LogP contribution in [-0.2, 0) is 25.7 Å². The first-order chi connectivity index (χ1) is 33.4. The van der Waals surface area contributed by atoms with Crippen molar-refractivity contribution in [3.63, 3.8) is 0 Å². The van der Waals surface area contributed by atoms with Crippen LogP contribution in [-0.4, -0.2) is 19.5 Å². The Hall–Kier alpha value is -8.21. The van der Waals surface area contributed by atoms with Crippen LogP contribution < -0.4 is 0 Å². The second kappa shape index (κ2) is 18.6. The lowest BCUT2D eigenvalue weighted by Gasteiger charge is -2.18. The lowest BCUT2D eigenvalue weighted by Crippen LogP contribution is -1.99. The molecule has 0 aliphatic heterocycles. The zero-order chi connectivity index (χ0) is 46.0. The molecule has 0 saturated heterocycles. The summed E-state index contributed by atoms with van der Waals surface area (Å²) in [6, 6.07) is 71.2. The predicted molar refractivity (Wildman–Crippen MR) is 283 cm³/mol. The summed E-state index contributed by atoms with van der Waals surface area (Å²) in [5.74, 6) is 0. The van der Waals surface area contributed by atoms with Gasteiger partial charge in [-0.2, -0.15) is 0 Å². The van der Waals surface area contributed by atoms with Crippen LogP contribution in [0, 0.1) is 20.8 Å². The summed E-state index contributed by atoms with van der Waals surface area (Å²) in [6.07, 6.45) is 9.46. The monoisotopic (exact) mass is 876 g/mol. The molecule has 7 aromatic carbocycles. The van der Waals surface area contributed by atoms with Gasteiger partial charge in [-0.3, -0.25) is 15.0 Å². The van der Waals surface area contributed by atoms with Crippen LogP contribution in [0.25, 0.3) is 83.5 Å². The van der Waals surface area contributed by atoms with Gasteiger partial charge in [-0.15, -0.1) is 0 Å². The maximum absolute atomic E-state index is 4.70. The normalized spacial score (nSPS) is 11.4. The number of aromatic nitrogens is 4. The summed E-state index contributed by atoms with van der Waals surface area (Å²) < 4.78 is 2.43. The Bertz CT molecular complexity index is 3420. The minimum absolute atomic E-state index is 0.921. The highest BCUT2D eigenvalue weighted by Crippen LogP contribution is 2.43. The number of fused-ring (bicyclic) bond motifs is 3. The second-order valence-electron chi connectivity index (χ2n) is 18.2. The van der Waals surface area contributed by atoms with Gasteiger partial charge in [0.2, 0.25) is 0 Å². The summed E-state index contributed by atoms with van der Waals surface area (Å²) in [4.78, 5) is 14.1. The highest BCUT2D eigenvalue weighted by atomic mass is 15.0. The SMILES string of the molecule is Cc1ccc(-c2ccc(CCc3cc(CCc4ccc(-c5ccc(C)cn5)cc4)cc(-c4cc5c6ccccc6n(-c6ccccc6)c5cc4-c4ccc(-c5ccccn5)cc4C)c3)cc2)nc1. The molecule has 0 aliphatic carbocycles. The van der Waals surface area contributed by atoms with Gasteiger partial charge in [0.25, 0.3) is 0 Å². The lowest BCUT2D eigenvalue weighted by atomic mass is 9.87. The number of aryl methyl sites for hydroxylation is 7. The molecule has 0 amide bonds. The molecule has 4 aromatic heterocycles. The molecule has 4 nitrogen and oxygen atoms in total. The van der Waals surface area contributed by atoms with E-state index in [9.17, 15) is 0 Å². The molecule has 4 heterocycles. The standard InChI is InChI=1S/C64H52N4/c1-43-16-32-61(66-41-43)50-26-22-46(23-27-50)18-20-48-36-49(21-19-47-24-28-51(29-25-47)62-33-17-44(2)42-67-62)38-53(37-48)57-39-59-56-13-7-8-15-63(56)68(54-11-5-4-6-12-54)64(59)40-58(57)55-31-30-52(35-45(55)3)60-14-9-10-34-65-60/h4-17,22-42H,18-21H2,1-3H3. The third kappa shape index (κ3) is 8.77. The zero-order valence-corrected chi connectivity index (χ0v) is 38.8. The molecule has 0 unspecified atom stereocenters. The smallest absolute Gasteiger partial charge is 0.0702 e. The van der Waals surface area contributed by atoms with Crippen LogP contribution >= 0.6 is 0 Å². The second-order valence-corrected chi connectivity index (χ2v) is 18.2. The van der Waals surface area contributed by atoms with Crippen LogP contribution in [0.5, 0.6) is 0 Å². The van der Waals surface area contributed by atoms with Crippen molar-refractivity contribution < 1.29 is 0 Å². The quantitative estimate of drug-likeness (QED) is 0.123. The highest BCUT2D eigenvalue weighted by molar-refractivity contribution is 6.12. The number of hydrogen-bond donors (Lipinski definition) is 0. The van der Waals surface area contributed by atoms with Gasteiger partial charge in [0.1, 0.15) is 0 Å². The van der Waals surface area contributed by atoms with E-state index in [0.29, 0.717) is 0 Å². The van der Waals surface area contributed by atoms with E-state index in [-0.39, 0.29) is 0 Å². The molecule has 0 saturated carbocycles. The molecule has 0 N–H and O–H groups in total. The molecular weight excluding hydrogens is 825 g/mol. The van der Waals surface area contributed by atoms with Gasteiger partial charge in [0.05, 0.1) is 28.1 Å². The molecule has 0 atom stereocenters. The first-order valence-corrected chi connectivity index (χ1v) is 23.7. The minimum Gasteiger partial charge on any atom is -0.309 e. The number of hydrogen-bond acceptors (Lipinski definition) is 3. The van der Waals surface area contributed by atoms with E-state index in [4.69, 9.17) is 4.98 Å². The van der Waals surface area contributed by atoms with E-state index >= 15 is 0 Å². The van der Waals surface area contributed by atoms with Crippen molar-refractivity contribution in [2.45, 2.75) is 46.5 Å². The molecule has 0 aliphatic rings. The first kappa shape index (κ1) is 42.4. The van der Waals surface area contributed by atoms with Gasteiger partial charge >= 0.3 is 0 Å². The average molecular weight is 877 g/mol. The Balaban J connectivity index is 1.03. The van der Waals surface area contributed by atoms with E-state index in [1.165, 1.54) is 83.0 Å². The van der Waals surface area contributed by atoms with Crippen molar-refractivity contribution in [2.75, 3.05) is 0 Å². The summed E-state index contributed by atoms with van der Waals surface area (Å²) in [6.45, 7) is 6.40. The van der Waals surface area contributed by atoms with Crippen molar-refractivity contribution in [1.82, 2.24) is 19.5 Å². The van der Waals surface area contributed by atoms with Gasteiger partial charge in [-0.05, 0) is 168 Å². The van der Waals surface area contributed by atoms with E-state index in [0.717, 1.165) is 65.1 Å². The number of benzene rings is 7. The van der Waals surface area contributed by atoms with E-state index in [1.54, 1.807) is 0 Å². The van der Waals surface area contributed by atoms with Gasteiger partial charge in [-0.25, -0.2) is 0 Å². The number of nitrogens with zero attached hydrogens (tertiary/aromatic N) is 4. The maximum Gasteiger partial charge on any atom is 0.0702 e. The van der Waals surface area contributed by atoms with Crippen LogP contribution in [0.4, 0.5) is 0 Å².